The number of rotatable bonds is 4. The smallest absolute Gasteiger partial charge is 0.407 e. The third-order valence-corrected chi connectivity index (χ3v) is 3.15. The molecule has 20 heavy (non-hydrogen) atoms. The maximum Gasteiger partial charge on any atom is 0.407 e. The van der Waals surface area contributed by atoms with Crippen LogP contribution >= 0.6 is 11.6 Å². The molecule has 1 aliphatic heterocycles. The largest absolute Gasteiger partial charge is 0.493 e. The van der Waals surface area contributed by atoms with Gasteiger partial charge in [0.25, 0.3) is 0 Å². The molecule has 0 aliphatic carbocycles. The zero-order valence-corrected chi connectivity index (χ0v) is 11.7. The van der Waals surface area contributed by atoms with Crippen molar-refractivity contribution in [2.24, 2.45) is 0 Å². The average molecular weight is 302 g/mol. The molecule has 1 aromatic rings. The van der Waals surface area contributed by atoms with E-state index in [2.05, 4.69) is 5.32 Å². The van der Waals surface area contributed by atoms with E-state index in [9.17, 15) is 14.0 Å². The van der Waals surface area contributed by atoms with Crippen molar-refractivity contribution >= 4 is 23.5 Å². The number of cyclic esters (lactones) is 1. The molecule has 1 amide bonds. The average Bonchev–Trinajstić information content (AvgIpc) is 2.80. The minimum atomic E-state index is -0.874. The highest BCUT2D eigenvalue weighted by molar-refractivity contribution is 6.31. The van der Waals surface area contributed by atoms with Crippen LogP contribution in [0, 0.1) is 5.82 Å². The first kappa shape index (κ1) is 14.6. The first-order valence-electron chi connectivity index (χ1n) is 6.05. The summed E-state index contributed by atoms with van der Waals surface area (Å²) in [5, 5.41) is 2.21. The third-order valence-electron chi connectivity index (χ3n) is 2.88. The van der Waals surface area contributed by atoms with E-state index in [1.54, 1.807) is 6.92 Å². The van der Waals surface area contributed by atoms with E-state index in [-0.39, 0.29) is 40.8 Å². The van der Waals surface area contributed by atoms with E-state index in [0.29, 0.717) is 0 Å². The van der Waals surface area contributed by atoms with E-state index in [1.807, 2.05) is 0 Å². The summed E-state index contributed by atoms with van der Waals surface area (Å²) in [6, 6.07) is 1.22. The van der Waals surface area contributed by atoms with Crippen LogP contribution in [0.2, 0.25) is 5.02 Å². The number of benzene rings is 1. The fourth-order valence-electron chi connectivity index (χ4n) is 2.03. The summed E-state index contributed by atoms with van der Waals surface area (Å²) in [5.41, 5.74) is 0.152. The molecule has 1 saturated heterocycles. The summed E-state index contributed by atoms with van der Waals surface area (Å²) < 4.78 is 24.6. The maximum absolute atomic E-state index is 14.3. The monoisotopic (exact) mass is 301 g/mol. The van der Waals surface area contributed by atoms with Gasteiger partial charge in [-0.15, -0.1) is 0 Å². The first-order valence-corrected chi connectivity index (χ1v) is 6.43. The summed E-state index contributed by atoms with van der Waals surface area (Å²) in [4.78, 5) is 22.8. The number of amides is 1. The van der Waals surface area contributed by atoms with Crippen LogP contribution < -0.4 is 10.1 Å². The van der Waals surface area contributed by atoms with Gasteiger partial charge < -0.3 is 14.8 Å². The SMILES string of the molecule is CCOc1c(C(C)=O)cc(Cl)c(F)c1C1CNC(=O)O1. The minimum absolute atomic E-state index is 0.0112. The molecule has 2 rings (SSSR count). The van der Waals surface area contributed by atoms with Gasteiger partial charge in [-0.3, -0.25) is 4.79 Å². The van der Waals surface area contributed by atoms with E-state index < -0.39 is 18.0 Å². The van der Waals surface area contributed by atoms with Gasteiger partial charge >= 0.3 is 6.09 Å². The van der Waals surface area contributed by atoms with Gasteiger partial charge in [0.1, 0.15) is 5.75 Å². The molecule has 0 bridgehead atoms. The number of ketones is 1. The Balaban J connectivity index is 2.62. The Kier molecular flexibility index (Phi) is 4.13. The van der Waals surface area contributed by atoms with Crippen LogP contribution in [0.25, 0.3) is 0 Å². The Labute approximate surface area is 120 Å². The lowest BCUT2D eigenvalue weighted by molar-refractivity contribution is 0.101. The molecule has 108 valence electrons. The topological polar surface area (TPSA) is 64.6 Å². The summed E-state index contributed by atoms with van der Waals surface area (Å²) in [5.74, 6) is -0.987. The summed E-state index contributed by atoms with van der Waals surface area (Å²) >= 11 is 5.81. The molecule has 0 aromatic heterocycles. The summed E-state index contributed by atoms with van der Waals surface area (Å²) in [6.45, 7) is 3.36. The second kappa shape index (κ2) is 5.66. The van der Waals surface area contributed by atoms with Crippen LogP contribution in [0.4, 0.5) is 9.18 Å². The molecule has 0 radical (unpaired) electrons. The van der Waals surface area contributed by atoms with Crippen LogP contribution in [0.5, 0.6) is 5.75 Å². The number of nitrogens with one attached hydrogen (secondary N) is 1. The van der Waals surface area contributed by atoms with E-state index in [0.717, 1.165) is 0 Å². The standard InChI is InChI=1S/C13H13ClFNO4/c1-3-19-12-7(6(2)17)4-8(14)11(15)10(12)9-5-16-13(18)20-9/h4,9H,3,5H2,1-2H3,(H,16,18). The Morgan fingerprint density at radius 2 is 2.35 bits per heavy atom. The highest BCUT2D eigenvalue weighted by atomic mass is 35.5. The number of carbonyl (C=O) groups excluding carboxylic acids is 2. The number of hydrogen-bond donors (Lipinski definition) is 1. The van der Waals surface area contributed by atoms with Crippen molar-refractivity contribution in [3.63, 3.8) is 0 Å². The van der Waals surface area contributed by atoms with Crippen molar-refractivity contribution < 1.29 is 23.5 Å². The number of alkyl carbamates (subject to hydrolysis) is 1. The van der Waals surface area contributed by atoms with Gasteiger partial charge in [0.15, 0.2) is 17.7 Å². The molecular weight excluding hydrogens is 289 g/mol. The lowest BCUT2D eigenvalue weighted by Crippen LogP contribution is -2.14. The normalized spacial score (nSPS) is 17.6. The number of halogens is 2. The molecule has 1 aliphatic rings. The molecule has 7 heteroatoms. The van der Waals surface area contributed by atoms with Crippen molar-refractivity contribution in [2.75, 3.05) is 13.2 Å². The molecule has 1 N–H and O–H groups in total. The molecule has 5 nitrogen and oxygen atoms in total. The fourth-order valence-corrected chi connectivity index (χ4v) is 2.24. The van der Waals surface area contributed by atoms with E-state index in [1.165, 1.54) is 13.0 Å². The Hall–Kier alpha value is -1.82. The molecule has 1 atom stereocenters. The quantitative estimate of drug-likeness (QED) is 0.869. The van der Waals surface area contributed by atoms with Gasteiger partial charge in [-0.05, 0) is 19.9 Å². The van der Waals surface area contributed by atoms with Crippen molar-refractivity contribution in [3.8, 4) is 5.75 Å². The maximum atomic E-state index is 14.3. The molecular formula is C13H13ClFNO4. The molecule has 0 saturated carbocycles. The number of ether oxygens (including phenoxy) is 2. The summed E-state index contributed by atoms with van der Waals surface area (Å²) in [7, 11) is 0. The molecule has 1 fully saturated rings. The molecule has 1 aromatic carbocycles. The lowest BCUT2D eigenvalue weighted by Gasteiger charge is -2.18. The number of hydrogen-bond acceptors (Lipinski definition) is 4. The van der Waals surface area contributed by atoms with Gasteiger partial charge in [0.2, 0.25) is 0 Å². The molecule has 1 unspecified atom stereocenters. The first-order chi connectivity index (χ1) is 9.45. The van der Waals surface area contributed by atoms with Crippen LogP contribution in [-0.4, -0.2) is 25.0 Å². The van der Waals surface area contributed by atoms with Gasteiger partial charge in [-0.25, -0.2) is 9.18 Å². The van der Waals surface area contributed by atoms with Gasteiger partial charge in [0.05, 0.1) is 29.3 Å². The van der Waals surface area contributed by atoms with Crippen molar-refractivity contribution in [3.05, 3.63) is 28.0 Å². The predicted octanol–water partition coefficient (Wildman–Crippen LogP) is 2.86. The third kappa shape index (κ3) is 2.56. The van der Waals surface area contributed by atoms with Crippen LogP contribution in [0.3, 0.4) is 0 Å². The Bertz CT molecular complexity index is 576. The highest BCUT2D eigenvalue weighted by Gasteiger charge is 2.33. The van der Waals surface area contributed by atoms with Crippen LogP contribution in [0.15, 0.2) is 6.07 Å². The van der Waals surface area contributed by atoms with Gasteiger partial charge in [-0.1, -0.05) is 11.6 Å². The van der Waals surface area contributed by atoms with Crippen LogP contribution in [-0.2, 0) is 4.74 Å². The molecule has 1 heterocycles. The van der Waals surface area contributed by atoms with E-state index >= 15 is 0 Å². The molecule has 0 spiro atoms. The van der Waals surface area contributed by atoms with Crippen molar-refractivity contribution in [1.29, 1.82) is 0 Å². The predicted molar refractivity (Wildman–Crippen MR) is 69.8 cm³/mol. The zero-order valence-electron chi connectivity index (χ0n) is 11.0. The Morgan fingerprint density at radius 1 is 1.65 bits per heavy atom. The fraction of sp³-hybridized carbons (Fsp3) is 0.385. The van der Waals surface area contributed by atoms with Crippen LogP contribution in [0.1, 0.15) is 35.9 Å². The second-order valence-electron chi connectivity index (χ2n) is 4.23. The van der Waals surface area contributed by atoms with Crippen molar-refractivity contribution in [1.82, 2.24) is 5.32 Å². The van der Waals surface area contributed by atoms with Crippen molar-refractivity contribution in [2.45, 2.75) is 20.0 Å². The number of carbonyl (C=O) groups is 2. The summed E-state index contributed by atoms with van der Waals surface area (Å²) in [6.07, 6.45) is -1.53. The van der Waals surface area contributed by atoms with E-state index in [4.69, 9.17) is 21.1 Å². The number of Topliss-reactive ketones (excluding diaryl/α,β-unsaturated/α-hetero) is 1. The zero-order chi connectivity index (χ0) is 14.9. The highest BCUT2D eigenvalue weighted by Crippen LogP contribution is 2.38. The Morgan fingerprint density at radius 3 is 2.85 bits per heavy atom. The minimum Gasteiger partial charge on any atom is -0.493 e. The van der Waals surface area contributed by atoms with Gasteiger partial charge in [0, 0.05) is 0 Å². The lowest BCUT2D eigenvalue weighted by atomic mass is 10.0. The second-order valence-corrected chi connectivity index (χ2v) is 4.63. The van der Waals surface area contributed by atoms with Gasteiger partial charge in [-0.2, -0.15) is 0 Å².